The number of hydrogen-bond donors (Lipinski definition) is 1. The first kappa shape index (κ1) is 19.3. The van der Waals surface area contributed by atoms with E-state index in [4.69, 9.17) is 6.42 Å². The molecule has 0 aromatic heterocycles. The van der Waals surface area contributed by atoms with Gasteiger partial charge in [0.1, 0.15) is 10.7 Å². The molecule has 2 amide bonds. The number of nitrogens with one attached hydrogen (secondary N) is 1. The number of urea groups is 1. The molecule has 7 heteroatoms. The van der Waals surface area contributed by atoms with Crippen LogP contribution < -0.4 is 5.32 Å². The number of nitrogens with zero attached hydrogens (tertiary/aromatic N) is 1. The predicted octanol–water partition coefficient (Wildman–Crippen LogP) is 2.58. The predicted molar refractivity (Wildman–Crippen MR) is 94.3 cm³/mol. The van der Waals surface area contributed by atoms with Crippen molar-refractivity contribution in [1.29, 1.82) is 0 Å². The molecule has 0 heterocycles. The first-order valence-electron chi connectivity index (χ1n) is 8.41. The number of carbonyl (C=O) groups is 1. The average Bonchev–Trinajstić information content (AvgIpc) is 2.60. The van der Waals surface area contributed by atoms with E-state index < -0.39 is 15.7 Å². The van der Waals surface area contributed by atoms with Gasteiger partial charge in [-0.25, -0.2) is 17.6 Å². The largest absolute Gasteiger partial charge is 0.337 e. The summed E-state index contributed by atoms with van der Waals surface area (Å²) >= 11 is 0. The minimum Gasteiger partial charge on any atom is -0.337 e. The summed E-state index contributed by atoms with van der Waals surface area (Å²) in [5, 5.41) is 2.60. The Morgan fingerprint density at radius 1 is 1.28 bits per heavy atom. The normalized spacial score (nSPS) is 15.4. The first-order chi connectivity index (χ1) is 12.0. The second-order valence-corrected chi connectivity index (χ2v) is 8.18. The molecule has 1 aliphatic carbocycles. The van der Waals surface area contributed by atoms with E-state index in [2.05, 4.69) is 11.2 Å². The van der Waals surface area contributed by atoms with Gasteiger partial charge in [-0.05, 0) is 25.0 Å². The van der Waals surface area contributed by atoms with Crippen LogP contribution in [0.5, 0.6) is 0 Å². The molecule has 0 spiro atoms. The van der Waals surface area contributed by atoms with Crippen molar-refractivity contribution >= 4 is 15.9 Å². The third kappa shape index (κ3) is 5.20. The number of rotatable bonds is 6. The van der Waals surface area contributed by atoms with E-state index in [0.717, 1.165) is 38.2 Å². The van der Waals surface area contributed by atoms with Gasteiger partial charge in [-0.2, -0.15) is 0 Å². The smallest absolute Gasteiger partial charge is 0.318 e. The van der Waals surface area contributed by atoms with Crippen LogP contribution >= 0.6 is 0 Å². The molecular weight excluding hydrogens is 343 g/mol. The van der Waals surface area contributed by atoms with E-state index in [1.165, 1.54) is 18.2 Å². The first-order valence-corrected chi connectivity index (χ1v) is 10.1. The molecule has 1 saturated carbocycles. The maximum absolute atomic E-state index is 13.6. The second kappa shape index (κ2) is 8.86. The molecule has 0 unspecified atom stereocenters. The van der Waals surface area contributed by atoms with E-state index >= 15 is 0 Å². The topological polar surface area (TPSA) is 66.5 Å². The summed E-state index contributed by atoms with van der Waals surface area (Å²) in [4.78, 5) is 13.6. The molecule has 0 atom stereocenters. The standard InChI is InChI=1S/C18H23FN2O3S/c1-2-13-21(15-8-4-3-5-9-15)18(22)20-12-14-25(23,24)17-11-7-6-10-16(17)19/h1,6-7,10-11,15H,3-5,8-9,12-14H2,(H,20,22). The molecule has 1 N–H and O–H groups in total. The van der Waals surface area contributed by atoms with Crippen molar-refractivity contribution in [3.05, 3.63) is 30.1 Å². The van der Waals surface area contributed by atoms with Crippen LogP contribution in [0.25, 0.3) is 0 Å². The van der Waals surface area contributed by atoms with Crippen LogP contribution in [-0.4, -0.2) is 44.2 Å². The lowest BCUT2D eigenvalue weighted by atomic mass is 9.94. The van der Waals surface area contributed by atoms with E-state index in [1.807, 2.05) is 0 Å². The molecule has 0 bridgehead atoms. The fraction of sp³-hybridized carbons (Fsp3) is 0.500. The number of terminal acetylenes is 1. The van der Waals surface area contributed by atoms with Gasteiger partial charge in [0.15, 0.2) is 9.84 Å². The lowest BCUT2D eigenvalue weighted by molar-refractivity contribution is 0.166. The summed E-state index contributed by atoms with van der Waals surface area (Å²) in [7, 11) is -3.80. The lowest BCUT2D eigenvalue weighted by Gasteiger charge is -2.33. The van der Waals surface area contributed by atoms with Gasteiger partial charge in [0.05, 0.1) is 12.3 Å². The molecule has 0 aliphatic heterocycles. The Bertz CT molecular complexity index is 737. The highest BCUT2D eigenvalue weighted by Gasteiger charge is 2.25. The third-order valence-electron chi connectivity index (χ3n) is 4.36. The van der Waals surface area contributed by atoms with Gasteiger partial charge >= 0.3 is 6.03 Å². The summed E-state index contributed by atoms with van der Waals surface area (Å²) in [6.45, 7) is 0.0971. The number of sulfone groups is 1. The van der Waals surface area contributed by atoms with E-state index in [1.54, 1.807) is 4.90 Å². The van der Waals surface area contributed by atoms with Gasteiger partial charge in [-0.1, -0.05) is 37.3 Å². The molecular formula is C18H23FN2O3S. The second-order valence-electron chi connectivity index (χ2n) is 6.11. The maximum atomic E-state index is 13.6. The summed E-state index contributed by atoms with van der Waals surface area (Å²) in [6.07, 6.45) is 10.4. The highest BCUT2D eigenvalue weighted by molar-refractivity contribution is 7.91. The van der Waals surface area contributed by atoms with Crippen molar-refractivity contribution in [2.24, 2.45) is 0 Å². The molecule has 2 rings (SSSR count). The van der Waals surface area contributed by atoms with Crippen molar-refractivity contribution in [3.8, 4) is 12.3 Å². The summed E-state index contributed by atoms with van der Waals surface area (Å²) in [5.41, 5.74) is 0. The van der Waals surface area contributed by atoms with E-state index in [9.17, 15) is 17.6 Å². The van der Waals surface area contributed by atoms with Crippen molar-refractivity contribution in [2.45, 2.75) is 43.0 Å². The van der Waals surface area contributed by atoms with Crippen LogP contribution in [0, 0.1) is 18.2 Å². The molecule has 0 radical (unpaired) electrons. The fourth-order valence-corrected chi connectivity index (χ4v) is 4.30. The Balaban J connectivity index is 1.94. The van der Waals surface area contributed by atoms with Crippen LogP contribution in [0.4, 0.5) is 9.18 Å². The summed E-state index contributed by atoms with van der Waals surface area (Å²) < 4.78 is 38.0. The van der Waals surface area contributed by atoms with Gasteiger partial charge in [0.25, 0.3) is 0 Å². The minimum absolute atomic E-state index is 0.0907. The summed E-state index contributed by atoms with van der Waals surface area (Å²) in [6, 6.07) is 4.94. The average molecular weight is 366 g/mol. The lowest BCUT2D eigenvalue weighted by Crippen LogP contribution is -2.48. The fourth-order valence-electron chi connectivity index (χ4n) is 3.06. The molecule has 25 heavy (non-hydrogen) atoms. The van der Waals surface area contributed by atoms with Crippen molar-refractivity contribution in [3.63, 3.8) is 0 Å². The zero-order valence-electron chi connectivity index (χ0n) is 14.1. The molecule has 136 valence electrons. The van der Waals surface area contributed by atoms with Gasteiger partial charge in [0, 0.05) is 12.6 Å². The number of halogens is 1. The van der Waals surface area contributed by atoms with Gasteiger partial charge in [-0.15, -0.1) is 6.42 Å². The molecule has 5 nitrogen and oxygen atoms in total. The maximum Gasteiger partial charge on any atom is 0.318 e. The quantitative estimate of drug-likeness (QED) is 0.787. The number of benzene rings is 1. The van der Waals surface area contributed by atoms with Gasteiger partial charge in [0.2, 0.25) is 0 Å². The van der Waals surface area contributed by atoms with Crippen LogP contribution in [0.3, 0.4) is 0 Å². The Morgan fingerprint density at radius 2 is 1.96 bits per heavy atom. The van der Waals surface area contributed by atoms with Crippen molar-refractivity contribution in [2.75, 3.05) is 18.8 Å². The molecule has 0 saturated heterocycles. The Kier molecular flexibility index (Phi) is 6.82. The van der Waals surface area contributed by atoms with Crippen LogP contribution in [0.2, 0.25) is 0 Å². The Hall–Kier alpha value is -2.07. The van der Waals surface area contributed by atoms with Crippen LogP contribution in [0.15, 0.2) is 29.2 Å². The molecule has 1 aromatic rings. The Morgan fingerprint density at radius 3 is 2.60 bits per heavy atom. The van der Waals surface area contributed by atoms with Gasteiger partial charge < -0.3 is 10.2 Å². The van der Waals surface area contributed by atoms with E-state index in [-0.39, 0.29) is 35.8 Å². The highest BCUT2D eigenvalue weighted by atomic mass is 32.2. The SMILES string of the molecule is C#CCN(C(=O)NCCS(=O)(=O)c1ccccc1F)C1CCCCC1. The van der Waals surface area contributed by atoms with Gasteiger partial charge in [-0.3, -0.25) is 0 Å². The molecule has 1 aromatic carbocycles. The van der Waals surface area contributed by atoms with Crippen molar-refractivity contribution in [1.82, 2.24) is 10.2 Å². The van der Waals surface area contributed by atoms with E-state index in [0.29, 0.717) is 0 Å². The van der Waals surface area contributed by atoms with Crippen LogP contribution in [0.1, 0.15) is 32.1 Å². The number of carbonyl (C=O) groups excluding carboxylic acids is 1. The highest BCUT2D eigenvalue weighted by Crippen LogP contribution is 2.22. The minimum atomic E-state index is -3.80. The zero-order chi connectivity index (χ0) is 18.3. The summed E-state index contributed by atoms with van der Waals surface area (Å²) in [5.74, 6) is 1.33. The molecule has 1 aliphatic rings. The van der Waals surface area contributed by atoms with Crippen molar-refractivity contribution < 1.29 is 17.6 Å². The third-order valence-corrected chi connectivity index (χ3v) is 6.10. The monoisotopic (exact) mass is 366 g/mol. The molecule has 1 fully saturated rings. The number of amides is 2. The Labute approximate surface area is 148 Å². The zero-order valence-corrected chi connectivity index (χ0v) is 14.9. The van der Waals surface area contributed by atoms with Crippen LogP contribution in [-0.2, 0) is 9.84 Å². The number of hydrogen-bond acceptors (Lipinski definition) is 3.